The minimum Gasteiger partial charge on any atom is -0.493 e. The molecular formula is C27H30N2O. The monoisotopic (exact) mass is 398 g/mol. The molecule has 1 aromatic heterocycles. The number of hydrogen-bond donors (Lipinski definition) is 0. The molecule has 0 aliphatic rings. The fourth-order valence-corrected chi connectivity index (χ4v) is 4.15. The molecule has 3 nitrogen and oxygen atoms in total. The van der Waals surface area contributed by atoms with Crippen LogP contribution in [-0.4, -0.2) is 16.2 Å². The minimum absolute atomic E-state index is 0.733. The van der Waals surface area contributed by atoms with Crippen LogP contribution in [0.1, 0.15) is 35.1 Å². The Kier molecular flexibility index (Phi) is 5.89. The van der Waals surface area contributed by atoms with Gasteiger partial charge in [-0.05, 0) is 69.4 Å². The fraction of sp³-hybridized carbons (Fsp3) is 0.296. The number of aryl methyl sites for hydroxylation is 5. The predicted molar refractivity (Wildman–Crippen MR) is 125 cm³/mol. The number of benzene rings is 3. The Hall–Kier alpha value is -3.07. The average molecular weight is 399 g/mol. The molecule has 154 valence electrons. The van der Waals surface area contributed by atoms with Gasteiger partial charge in [0.05, 0.1) is 17.6 Å². The van der Waals surface area contributed by atoms with Crippen LogP contribution in [-0.2, 0) is 6.54 Å². The first-order valence-electron chi connectivity index (χ1n) is 10.8. The standard InChI is InChI=1S/C27H30N2O/c1-19-14-15-23(22(4)18-19)27-28-24-12-5-6-13-25(24)29(27)16-7-8-17-30-26-20(2)10-9-11-21(26)3/h5-6,9-15,18H,7-8,16-17H2,1-4H3. The number of nitrogens with zero attached hydrogens (tertiary/aromatic N) is 2. The van der Waals surface area contributed by atoms with E-state index in [9.17, 15) is 0 Å². The maximum Gasteiger partial charge on any atom is 0.141 e. The Labute approximate surface area is 179 Å². The van der Waals surface area contributed by atoms with Crippen molar-refractivity contribution in [2.75, 3.05) is 6.61 Å². The van der Waals surface area contributed by atoms with Gasteiger partial charge in [0.25, 0.3) is 0 Å². The highest BCUT2D eigenvalue weighted by molar-refractivity contribution is 5.81. The molecule has 0 aliphatic heterocycles. The highest BCUT2D eigenvalue weighted by Gasteiger charge is 2.14. The van der Waals surface area contributed by atoms with Gasteiger partial charge in [-0.25, -0.2) is 4.98 Å². The molecule has 3 heteroatoms. The highest BCUT2D eigenvalue weighted by atomic mass is 16.5. The van der Waals surface area contributed by atoms with Gasteiger partial charge in [0.15, 0.2) is 0 Å². The smallest absolute Gasteiger partial charge is 0.141 e. The van der Waals surface area contributed by atoms with Gasteiger partial charge in [-0.1, -0.05) is 54.1 Å². The molecule has 4 aromatic rings. The lowest BCUT2D eigenvalue weighted by molar-refractivity contribution is 0.300. The summed E-state index contributed by atoms with van der Waals surface area (Å²) in [5, 5.41) is 0. The van der Waals surface area contributed by atoms with E-state index in [-0.39, 0.29) is 0 Å². The van der Waals surface area contributed by atoms with Gasteiger partial charge in [-0.2, -0.15) is 0 Å². The molecule has 0 N–H and O–H groups in total. The van der Waals surface area contributed by atoms with E-state index in [1.54, 1.807) is 0 Å². The van der Waals surface area contributed by atoms with Crippen LogP contribution in [0.25, 0.3) is 22.4 Å². The lowest BCUT2D eigenvalue weighted by atomic mass is 10.1. The first-order chi connectivity index (χ1) is 14.5. The van der Waals surface area contributed by atoms with E-state index in [1.165, 1.54) is 33.3 Å². The van der Waals surface area contributed by atoms with Crippen molar-refractivity contribution in [1.82, 2.24) is 9.55 Å². The third-order valence-corrected chi connectivity index (χ3v) is 5.71. The number of ether oxygens (including phenoxy) is 1. The fourth-order valence-electron chi connectivity index (χ4n) is 4.15. The Morgan fingerprint density at radius 3 is 2.33 bits per heavy atom. The molecule has 0 atom stereocenters. The third kappa shape index (κ3) is 4.11. The van der Waals surface area contributed by atoms with E-state index < -0.39 is 0 Å². The van der Waals surface area contributed by atoms with Crippen molar-refractivity contribution in [2.45, 2.75) is 47.1 Å². The van der Waals surface area contributed by atoms with Crippen LogP contribution in [0.5, 0.6) is 5.75 Å². The average Bonchev–Trinajstić information content (AvgIpc) is 3.08. The van der Waals surface area contributed by atoms with Gasteiger partial charge in [-0.15, -0.1) is 0 Å². The van der Waals surface area contributed by atoms with Gasteiger partial charge < -0.3 is 9.30 Å². The van der Waals surface area contributed by atoms with Crippen LogP contribution in [0.2, 0.25) is 0 Å². The van der Waals surface area contributed by atoms with E-state index >= 15 is 0 Å². The molecule has 0 saturated carbocycles. The number of unbranched alkanes of at least 4 members (excludes halogenated alkanes) is 1. The maximum atomic E-state index is 6.10. The Balaban J connectivity index is 1.51. The molecule has 0 radical (unpaired) electrons. The SMILES string of the molecule is Cc1ccc(-c2nc3ccccc3n2CCCCOc2c(C)cccc2C)c(C)c1. The molecule has 30 heavy (non-hydrogen) atoms. The van der Waals surface area contributed by atoms with E-state index in [2.05, 4.69) is 92.9 Å². The van der Waals surface area contributed by atoms with Crippen LogP contribution >= 0.6 is 0 Å². The summed E-state index contributed by atoms with van der Waals surface area (Å²) in [6.07, 6.45) is 2.05. The minimum atomic E-state index is 0.733. The van der Waals surface area contributed by atoms with Crippen molar-refractivity contribution in [2.24, 2.45) is 0 Å². The second kappa shape index (κ2) is 8.74. The van der Waals surface area contributed by atoms with Crippen molar-refractivity contribution in [3.63, 3.8) is 0 Å². The zero-order chi connectivity index (χ0) is 21.1. The normalized spacial score (nSPS) is 11.2. The molecule has 0 unspecified atom stereocenters. The van der Waals surface area contributed by atoms with Crippen molar-refractivity contribution >= 4 is 11.0 Å². The van der Waals surface area contributed by atoms with Gasteiger partial charge in [0.2, 0.25) is 0 Å². The summed E-state index contributed by atoms with van der Waals surface area (Å²) in [6.45, 7) is 10.2. The number of para-hydroxylation sites is 3. The maximum absolute atomic E-state index is 6.10. The van der Waals surface area contributed by atoms with E-state index in [0.29, 0.717) is 0 Å². The molecule has 4 rings (SSSR count). The second-order valence-corrected chi connectivity index (χ2v) is 8.17. The molecule has 3 aromatic carbocycles. The Morgan fingerprint density at radius 2 is 1.57 bits per heavy atom. The molecule has 0 fully saturated rings. The number of aromatic nitrogens is 2. The number of rotatable bonds is 7. The van der Waals surface area contributed by atoms with Gasteiger partial charge in [0.1, 0.15) is 11.6 Å². The molecule has 0 spiro atoms. The molecule has 0 amide bonds. The highest BCUT2D eigenvalue weighted by Crippen LogP contribution is 2.28. The zero-order valence-corrected chi connectivity index (χ0v) is 18.4. The molecular weight excluding hydrogens is 368 g/mol. The quantitative estimate of drug-likeness (QED) is 0.320. The Bertz CT molecular complexity index is 1150. The van der Waals surface area contributed by atoms with E-state index in [4.69, 9.17) is 9.72 Å². The van der Waals surface area contributed by atoms with Gasteiger partial charge in [-0.3, -0.25) is 0 Å². The number of hydrogen-bond acceptors (Lipinski definition) is 2. The number of imidazole rings is 1. The Morgan fingerprint density at radius 1 is 0.800 bits per heavy atom. The predicted octanol–water partition coefficient (Wildman–Crippen LogP) is 6.80. The summed E-state index contributed by atoms with van der Waals surface area (Å²) in [5.74, 6) is 2.09. The summed E-state index contributed by atoms with van der Waals surface area (Å²) in [6, 6.07) is 21.3. The van der Waals surface area contributed by atoms with Crippen LogP contribution in [0.4, 0.5) is 0 Å². The lowest BCUT2D eigenvalue weighted by Gasteiger charge is -2.13. The molecule has 0 saturated heterocycles. The summed E-state index contributed by atoms with van der Waals surface area (Å²) in [7, 11) is 0. The summed E-state index contributed by atoms with van der Waals surface area (Å²) in [5.41, 5.74) is 8.42. The zero-order valence-electron chi connectivity index (χ0n) is 18.4. The largest absolute Gasteiger partial charge is 0.493 e. The first kappa shape index (κ1) is 20.2. The number of fused-ring (bicyclic) bond motifs is 1. The van der Waals surface area contributed by atoms with Crippen molar-refractivity contribution in [3.8, 4) is 17.1 Å². The van der Waals surface area contributed by atoms with E-state index in [0.717, 1.165) is 43.1 Å². The van der Waals surface area contributed by atoms with Crippen molar-refractivity contribution in [1.29, 1.82) is 0 Å². The van der Waals surface area contributed by atoms with Gasteiger partial charge in [0, 0.05) is 12.1 Å². The van der Waals surface area contributed by atoms with Crippen LogP contribution < -0.4 is 4.74 Å². The van der Waals surface area contributed by atoms with Crippen LogP contribution in [0.15, 0.2) is 60.7 Å². The van der Waals surface area contributed by atoms with Crippen molar-refractivity contribution in [3.05, 3.63) is 82.9 Å². The molecule has 0 bridgehead atoms. The van der Waals surface area contributed by atoms with Gasteiger partial charge >= 0.3 is 0 Å². The second-order valence-electron chi connectivity index (χ2n) is 8.17. The molecule has 1 heterocycles. The summed E-state index contributed by atoms with van der Waals surface area (Å²) >= 11 is 0. The summed E-state index contributed by atoms with van der Waals surface area (Å²) < 4.78 is 8.46. The van der Waals surface area contributed by atoms with Crippen LogP contribution in [0, 0.1) is 27.7 Å². The first-order valence-corrected chi connectivity index (χ1v) is 10.8. The van der Waals surface area contributed by atoms with Crippen LogP contribution in [0.3, 0.4) is 0 Å². The van der Waals surface area contributed by atoms with E-state index in [1.807, 2.05) is 0 Å². The lowest BCUT2D eigenvalue weighted by Crippen LogP contribution is -2.05. The molecule has 0 aliphatic carbocycles. The third-order valence-electron chi connectivity index (χ3n) is 5.71. The topological polar surface area (TPSA) is 27.1 Å². The van der Waals surface area contributed by atoms with Crippen molar-refractivity contribution < 1.29 is 4.74 Å². The summed E-state index contributed by atoms with van der Waals surface area (Å²) in [4.78, 5) is 4.97.